The minimum absolute atomic E-state index is 0.124. The molecule has 0 bridgehead atoms. The van der Waals surface area contributed by atoms with Gasteiger partial charge in [-0.15, -0.1) is 0 Å². The number of aromatic nitrogens is 1. The first-order valence-electron chi connectivity index (χ1n) is 10.7. The number of carbonyl (C=O) groups excluding carboxylic acids is 2. The third-order valence-electron chi connectivity index (χ3n) is 5.88. The molecule has 1 unspecified atom stereocenters. The van der Waals surface area contributed by atoms with Gasteiger partial charge in [-0.25, -0.2) is 13.4 Å². The van der Waals surface area contributed by atoms with Crippen molar-refractivity contribution >= 4 is 27.7 Å². The molecule has 2 saturated heterocycles. The molecule has 0 aliphatic carbocycles. The van der Waals surface area contributed by atoms with Crippen molar-refractivity contribution in [3.8, 4) is 0 Å². The van der Waals surface area contributed by atoms with Crippen LogP contribution in [0.3, 0.4) is 0 Å². The van der Waals surface area contributed by atoms with Gasteiger partial charge in [0.2, 0.25) is 21.8 Å². The Morgan fingerprint density at radius 3 is 2.44 bits per heavy atom. The Hall–Kier alpha value is -2.98. The van der Waals surface area contributed by atoms with Crippen molar-refractivity contribution in [3.05, 3.63) is 54.2 Å². The molecule has 2 aliphatic rings. The Labute approximate surface area is 188 Å². The number of hydrogen-bond donors (Lipinski definition) is 1. The van der Waals surface area contributed by atoms with Gasteiger partial charge in [0.1, 0.15) is 11.9 Å². The second-order valence-corrected chi connectivity index (χ2v) is 9.89. The van der Waals surface area contributed by atoms with Gasteiger partial charge in [-0.1, -0.05) is 23.8 Å². The zero-order valence-corrected chi connectivity index (χ0v) is 18.8. The molecular formula is C22H27N5O4S. The van der Waals surface area contributed by atoms with Gasteiger partial charge >= 0.3 is 0 Å². The third-order valence-corrected chi connectivity index (χ3v) is 7.81. The molecule has 2 amide bonds. The van der Waals surface area contributed by atoms with Crippen LogP contribution in [0.1, 0.15) is 12.0 Å². The van der Waals surface area contributed by atoms with Crippen molar-refractivity contribution < 1.29 is 18.0 Å². The summed E-state index contributed by atoms with van der Waals surface area (Å²) in [5, 5.41) is 2.70. The number of piperazine rings is 2. The maximum Gasteiger partial charge on any atom is 0.243 e. The molecule has 1 N–H and O–H groups in total. The molecule has 170 valence electrons. The lowest BCUT2D eigenvalue weighted by atomic mass is 10.1. The van der Waals surface area contributed by atoms with E-state index in [0.29, 0.717) is 26.2 Å². The maximum atomic E-state index is 13.2. The molecule has 0 radical (unpaired) electrons. The molecule has 3 heterocycles. The first kappa shape index (κ1) is 22.2. The van der Waals surface area contributed by atoms with E-state index in [9.17, 15) is 18.0 Å². The van der Waals surface area contributed by atoms with Gasteiger partial charge < -0.3 is 15.1 Å². The smallest absolute Gasteiger partial charge is 0.243 e. The predicted octanol–water partition coefficient (Wildman–Crippen LogP) is 0.618. The lowest BCUT2D eigenvalue weighted by Gasteiger charge is -2.38. The highest BCUT2D eigenvalue weighted by atomic mass is 32.2. The summed E-state index contributed by atoms with van der Waals surface area (Å²) in [6.45, 7) is 4.48. The van der Waals surface area contributed by atoms with Crippen molar-refractivity contribution in [3.63, 3.8) is 0 Å². The summed E-state index contributed by atoms with van der Waals surface area (Å²) in [7, 11) is -3.90. The summed E-state index contributed by atoms with van der Waals surface area (Å²) in [5.41, 5.74) is 0.942. The predicted molar refractivity (Wildman–Crippen MR) is 120 cm³/mol. The fraction of sp³-hybridized carbons (Fsp3) is 0.409. The monoisotopic (exact) mass is 457 g/mol. The van der Waals surface area contributed by atoms with Crippen molar-refractivity contribution in [1.29, 1.82) is 0 Å². The van der Waals surface area contributed by atoms with Gasteiger partial charge in [-0.3, -0.25) is 9.59 Å². The number of benzene rings is 1. The number of aryl methyl sites for hydroxylation is 1. The molecular weight excluding hydrogens is 430 g/mol. The fourth-order valence-electron chi connectivity index (χ4n) is 4.04. The largest absolute Gasteiger partial charge is 0.353 e. The summed E-state index contributed by atoms with van der Waals surface area (Å²) in [6, 6.07) is 11.2. The number of amides is 2. The zero-order chi connectivity index (χ0) is 22.7. The highest BCUT2D eigenvalue weighted by molar-refractivity contribution is 7.89. The minimum atomic E-state index is -3.90. The first-order valence-corrected chi connectivity index (χ1v) is 12.1. The number of anilines is 1. The van der Waals surface area contributed by atoms with Crippen LogP contribution in [-0.4, -0.2) is 79.7 Å². The van der Waals surface area contributed by atoms with E-state index in [1.807, 2.05) is 25.1 Å². The second kappa shape index (κ2) is 9.25. The lowest BCUT2D eigenvalue weighted by Crippen LogP contribution is -2.59. The summed E-state index contributed by atoms with van der Waals surface area (Å²) in [6.07, 6.45) is 1.55. The molecule has 1 aromatic heterocycles. The van der Waals surface area contributed by atoms with Crippen LogP contribution >= 0.6 is 0 Å². The van der Waals surface area contributed by atoms with Crippen LogP contribution in [0.2, 0.25) is 0 Å². The van der Waals surface area contributed by atoms with Gasteiger partial charge in [0.05, 0.1) is 11.3 Å². The molecule has 1 atom stereocenters. The van der Waals surface area contributed by atoms with Crippen LogP contribution < -0.4 is 10.2 Å². The molecule has 4 rings (SSSR count). The van der Waals surface area contributed by atoms with E-state index in [2.05, 4.69) is 15.2 Å². The van der Waals surface area contributed by atoms with E-state index in [1.54, 1.807) is 23.2 Å². The maximum absolute atomic E-state index is 13.2. The topological polar surface area (TPSA) is 103 Å². The van der Waals surface area contributed by atoms with Gasteiger partial charge in [-0.05, 0) is 31.2 Å². The molecule has 2 fully saturated rings. The molecule has 9 nitrogen and oxygen atoms in total. The fourth-order valence-corrected chi connectivity index (χ4v) is 5.63. The van der Waals surface area contributed by atoms with Gasteiger partial charge in [0.25, 0.3) is 0 Å². The van der Waals surface area contributed by atoms with Crippen LogP contribution in [-0.2, 0) is 19.6 Å². The van der Waals surface area contributed by atoms with E-state index >= 15 is 0 Å². The Bertz CT molecular complexity index is 1070. The van der Waals surface area contributed by atoms with Crippen molar-refractivity contribution in [1.82, 2.24) is 19.5 Å². The Morgan fingerprint density at radius 1 is 1.06 bits per heavy atom. The standard InChI is InChI=1S/C22H27N5O4S/c1-17-5-7-18(8-6-17)32(30,31)27-11-10-24-22(29)19(27)16-21(28)26-14-12-25(13-15-26)20-4-2-3-9-23-20/h2-9,19H,10-16H2,1H3,(H,24,29). The van der Waals surface area contributed by atoms with Crippen molar-refractivity contribution in [2.24, 2.45) is 0 Å². The molecule has 0 spiro atoms. The van der Waals surface area contributed by atoms with Crippen LogP contribution in [0, 0.1) is 6.92 Å². The van der Waals surface area contributed by atoms with Crippen molar-refractivity contribution in [2.45, 2.75) is 24.3 Å². The third kappa shape index (κ3) is 4.61. The molecule has 2 aliphatic heterocycles. The van der Waals surface area contributed by atoms with Crippen LogP contribution in [0.15, 0.2) is 53.6 Å². The van der Waals surface area contributed by atoms with E-state index in [1.165, 1.54) is 16.4 Å². The van der Waals surface area contributed by atoms with Gasteiger partial charge in [0, 0.05) is 45.5 Å². The Balaban J connectivity index is 1.45. The quantitative estimate of drug-likeness (QED) is 0.706. The summed E-state index contributed by atoms with van der Waals surface area (Å²) in [4.78, 5) is 33.8. The highest BCUT2D eigenvalue weighted by Crippen LogP contribution is 2.23. The Morgan fingerprint density at radius 2 is 1.78 bits per heavy atom. The number of carbonyl (C=O) groups is 2. The first-order chi connectivity index (χ1) is 15.4. The molecule has 10 heteroatoms. The van der Waals surface area contributed by atoms with E-state index in [0.717, 1.165) is 11.4 Å². The number of rotatable bonds is 5. The summed E-state index contributed by atoms with van der Waals surface area (Å²) >= 11 is 0. The lowest BCUT2D eigenvalue weighted by molar-refractivity contribution is -0.137. The SMILES string of the molecule is Cc1ccc(S(=O)(=O)N2CCNC(=O)C2CC(=O)N2CCN(c3ccccn3)CC2)cc1. The number of hydrogen-bond acceptors (Lipinski definition) is 6. The summed E-state index contributed by atoms with van der Waals surface area (Å²) in [5.74, 6) is 0.200. The number of nitrogens with zero attached hydrogens (tertiary/aromatic N) is 4. The average molecular weight is 458 g/mol. The molecule has 0 saturated carbocycles. The highest BCUT2D eigenvalue weighted by Gasteiger charge is 2.40. The van der Waals surface area contributed by atoms with Crippen LogP contribution in [0.4, 0.5) is 5.82 Å². The van der Waals surface area contributed by atoms with Crippen LogP contribution in [0.25, 0.3) is 0 Å². The number of sulfonamides is 1. The Kier molecular flexibility index (Phi) is 6.43. The molecule has 2 aromatic rings. The van der Waals surface area contributed by atoms with Gasteiger partial charge in [0.15, 0.2) is 0 Å². The number of nitrogens with one attached hydrogen (secondary N) is 1. The van der Waals surface area contributed by atoms with Gasteiger partial charge in [-0.2, -0.15) is 4.31 Å². The summed E-state index contributed by atoms with van der Waals surface area (Å²) < 4.78 is 27.6. The normalized spacial score (nSPS) is 20.2. The van der Waals surface area contributed by atoms with E-state index in [4.69, 9.17) is 0 Å². The van der Waals surface area contributed by atoms with Crippen LogP contribution in [0.5, 0.6) is 0 Å². The second-order valence-electron chi connectivity index (χ2n) is 8.00. The van der Waals surface area contributed by atoms with Crippen molar-refractivity contribution in [2.75, 3.05) is 44.2 Å². The zero-order valence-electron chi connectivity index (χ0n) is 18.0. The molecule has 1 aromatic carbocycles. The minimum Gasteiger partial charge on any atom is -0.353 e. The molecule has 32 heavy (non-hydrogen) atoms. The number of pyridine rings is 1. The average Bonchev–Trinajstić information content (AvgIpc) is 2.81. The van der Waals surface area contributed by atoms with E-state index in [-0.39, 0.29) is 30.3 Å². The van der Waals surface area contributed by atoms with E-state index < -0.39 is 22.0 Å².